The Labute approximate surface area is 132 Å². The van der Waals surface area contributed by atoms with Gasteiger partial charge in [0.25, 0.3) is 0 Å². The van der Waals surface area contributed by atoms with Gasteiger partial charge in [-0.3, -0.25) is 0 Å². The van der Waals surface area contributed by atoms with E-state index in [4.69, 9.17) is 9.47 Å². The maximum absolute atomic E-state index is 5.62. The Hall–Kier alpha value is -2.36. The van der Waals surface area contributed by atoms with Gasteiger partial charge >= 0.3 is 0 Å². The molecule has 0 atom stereocenters. The highest BCUT2D eigenvalue weighted by Crippen LogP contribution is 2.17. The molecule has 0 bridgehead atoms. The lowest BCUT2D eigenvalue weighted by molar-refractivity contribution is 0.242. The molecule has 0 aliphatic heterocycles. The Bertz CT molecular complexity index is 550. The van der Waals surface area contributed by atoms with Crippen LogP contribution in [0.25, 0.3) is 0 Å². The number of nitrogens with one attached hydrogen (secondary N) is 2. The summed E-state index contributed by atoms with van der Waals surface area (Å²) >= 11 is 0. The van der Waals surface area contributed by atoms with Gasteiger partial charge in [-0.1, -0.05) is 0 Å². The maximum Gasteiger partial charge on any atom is 0.119 e. The molecular formula is C18H24N2O2. The molecule has 0 aliphatic carbocycles. The predicted molar refractivity (Wildman–Crippen MR) is 92.2 cm³/mol. The zero-order valence-corrected chi connectivity index (χ0v) is 13.4. The third kappa shape index (κ3) is 5.20. The minimum Gasteiger partial charge on any atom is -0.497 e. The molecule has 4 nitrogen and oxygen atoms in total. The predicted octanol–water partition coefficient (Wildman–Crippen LogP) is 4.01. The molecule has 2 rings (SSSR count). The van der Waals surface area contributed by atoms with Gasteiger partial charge in [0, 0.05) is 24.5 Å². The lowest BCUT2D eigenvalue weighted by Crippen LogP contribution is -2.13. The molecule has 2 N–H and O–H groups in total. The van der Waals surface area contributed by atoms with E-state index in [9.17, 15) is 0 Å². The molecule has 0 aliphatic rings. The molecule has 0 fully saturated rings. The summed E-state index contributed by atoms with van der Waals surface area (Å²) in [7, 11) is 1.67. The van der Waals surface area contributed by atoms with Crippen molar-refractivity contribution in [1.82, 2.24) is 0 Å². The zero-order valence-electron chi connectivity index (χ0n) is 13.4. The monoisotopic (exact) mass is 300 g/mol. The first-order valence-corrected chi connectivity index (χ1v) is 7.56. The lowest BCUT2D eigenvalue weighted by atomic mass is 10.3. The first kappa shape index (κ1) is 16.0. The van der Waals surface area contributed by atoms with Crippen LogP contribution in [0.4, 0.5) is 11.4 Å². The fourth-order valence-corrected chi connectivity index (χ4v) is 2.05. The van der Waals surface area contributed by atoms with Crippen LogP contribution >= 0.6 is 0 Å². The highest BCUT2D eigenvalue weighted by Gasteiger charge is 1.98. The van der Waals surface area contributed by atoms with Crippen molar-refractivity contribution < 1.29 is 9.47 Å². The summed E-state index contributed by atoms with van der Waals surface area (Å²) < 4.78 is 10.8. The topological polar surface area (TPSA) is 42.5 Å². The van der Waals surface area contributed by atoms with E-state index in [1.54, 1.807) is 7.11 Å². The third-order valence-electron chi connectivity index (χ3n) is 3.10. The van der Waals surface area contributed by atoms with Crippen molar-refractivity contribution in [2.75, 3.05) is 30.8 Å². The summed E-state index contributed by atoms with van der Waals surface area (Å²) in [6.45, 7) is 5.74. The van der Waals surface area contributed by atoms with Crippen LogP contribution in [0, 0.1) is 0 Å². The molecule has 0 saturated carbocycles. The molecule has 0 saturated heterocycles. The highest BCUT2D eigenvalue weighted by molar-refractivity contribution is 5.48. The van der Waals surface area contributed by atoms with Crippen LogP contribution in [0.5, 0.6) is 11.5 Å². The zero-order chi connectivity index (χ0) is 15.8. The lowest BCUT2D eigenvalue weighted by Gasteiger charge is -2.12. The molecule has 0 amide bonds. The van der Waals surface area contributed by atoms with E-state index >= 15 is 0 Å². The Kier molecular flexibility index (Phi) is 5.95. The second-order valence-electron chi connectivity index (χ2n) is 5.27. The van der Waals surface area contributed by atoms with Crippen LogP contribution in [0.2, 0.25) is 0 Å². The second kappa shape index (κ2) is 8.17. The van der Waals surface area contributed by atoms with Crippen LogP contribution in [-0.4, -0.2) is 26.3 Å². The molecular weight excluding hydrogens is 276 g/mol. The average Bonchev–Trinajstić information content (AvgIpc) is 2.53. The van der Waals surface area contributed by atoms with Crippen molar-refractivity contribution in [1.29, 1.82) is 0 Å². The molecule has 0 unspecified atom stereocenters. The summed E-state index contributed by atoms with van der Waals surface area (Å²) in [5.41, 5.74) is 2.18. The van der Waals surface area contributed by atoms with Crippen LogP contribution in [0.3, 0.4) is 0 Å². The smallest absolute Gasteiger partial charge is 0.119 e. The van der Waals surface area contributed by atoms with Gasteiger partial charge in [0.2, 0.25) is 0 Å². The van der Waals surface area contributed by atoms with Gasteiger partial charge in [-0.25, -0.2) is 0 Å². The fraction of sp³-hybridized carbons (Fsp3) is 0.333. The van der Waals surface area contributed by atoms with Crippen molar-refractivity contribution in [2.24, 2.45) is 0 Å². The number of hydrogen-bond donors (Lipinski definition) is 2. The van der Waals surface area contributed by atoms with Crippen LogP contribution in [0.1, 0.15) is 13.8 Å². The molecule has 2 aromatic rings. The number of ether oxygens (including phenoxy) is 2. The van der Waals surface area contributed by atoms with Gasteiger partial charge in [-0.2, -0.15) is 0 Å². The number of rotatable bonds is 8. The Morgan fingerprint density at radius 1 is 0.773 bits per heavy atom. The van der Waals surface area contributed by atoms with Crippen molar-refractivity contribution in [2.45, 2.75) is 20.0 Å². The number of methoxy groups -OCH3 is 1. The molecule has 0 aromatic heterocycles. The van der Waals surface area contributed by atoms with Crippen molar-refractivity contribution >= 4 is 11.4 Å². The largest absolute Gasteiger partial charge is 0.497 e. The first-order chi connectivity index (χ1) is 10.7. The van der Waals surface area contributed by atoms with E-state index in [2.05, 4.69) is 10.6 Å². The normalized spacial score (nSPS) is 10.4. The molecule has 0 heterocycles. The minimum atomic E-state index is 0.201. The standard InChI is InChI=1S/C18H24N2O2/c1-14(2)22-18-10-6-16(7-11-18)20-13-12-19-15-4-8-17(21-3)9-5-15/h4-11,14,19-20H,12-13H2,1-3H3. The molecule has 4 heteroatoms. The fourth-order valence-electron chi connectivity index (χ4n) is 2.05. The van der Waals surface area contributed by atoms with E-state index in [1.165, 1.54) is 0 Å². The van der Waals surface area contributed by atoms with E-state index in [0.29, 0.717) is 0 Å². The van der Waals surface area contributed by atoms with Gasteiger partial charge in [-0.15, -0.1) is 0 Å². The summed E-state index contributed by atoms with van der Waals surface area (Å²) in [6.07, 6.45) is 0.201. The van der Waals surface area contributed by atoms with Crippen LogP contribution in [-0.2, 0) is 0 Å². The Balaban J connectivity index is 1.71. The van der Waals surface area contributed by atoms with Gasteiger partial charge in [-0.05, 0) is 62.4 Å². The quantitative estimate of drug-likeness (QED) is 0.723. The van der Waals surface area contributed by atoms with Gasteiger partial charge in [0.05, 0.1) is 13.2 Å². The van der Waals surface area contributed by atoms with Crippen molar-refractivity contribution in [3.8, 4) is 11.5 Å². The van der Waals surface area contributed by atoms with E-state index in [1.807, 2.05) is 62.4 Å². The highest BCUT2D eigenvalue weighted by atomic mass is 16.5. The summed E-state index contributed by atoms with van der Waals surface area (Å²) in [4.78, 5) is 0. The van der Waals surface area contributed by atoms with Gasteiger partial charge in [0.1, 0.15) is 11.5 Å². The average molecular weight is 300 g/mol. The minimum absolute atomic E-state index is 0.201. The summed E-state index contributed by atoms with van der Waals surface area (Å²) in [6, 6.07) is 16.0. The van der Waals surface area contributed by atoms with Crippen LogP contribution in [0.15, 0.2) is 48.5 Å². The number of benzene rings is 2. The van der Waals surface area contributed by atoms with Crippen LogP contribution < -0.4 is 20.1 Å². The van der Waals surface area contributed by atoms with Crippen molar-refractivity contribution in [3.63, 3.8) is 0 Å². The molecule has 2 aromatic carbocycles. The molecule has 0 radical (unpaired) electrons. The molecule has 0 spiro atoms. The number of anilines is 2. The molecule has 118 valence electrons. The van der Waals surface area contributed by atoms with E-state index in [0.717, 1.165) is 36.0 Å². The third-order valence-corrected chi connectivity index (χ3v) is 3.10. The van der Waals surface area contributed by atoms with E-state index in [-0.39, 0.29) is 6.10 Å². The maximum atomic E-state index is 5.62. The SMILES string of the molecule is COc1ccc(NCCNc2ccc(OC(C)C)cc2)cc1. The summed E-state index contributed by atoms with van der Waals surface area (Å²) in [5.74, 6) is 1.77. The number of hydrogen-bond acceptors (Lipinski definition) is 4. The Morgan fingerprint density at radius 3 is 1.64 bits per heavy atom. The molecule has 22 heavy (non-hydrogen) atoms. The van der Waals surface area contributed by atoms with Gasteiger partial charge in [0.15, 0.2) is 0 Å². The van der Waals surface area contributed by atoms with Crippen molar-refractivity contribution in [3.05, 3.63) is 48.5 Å². The Morgan fingerprint density at radius 2 is 1.23 bits per heavy atom. The first-order valence-electron chi connectivity index (χ1n) is 7.56. The second-order valence-corrected chi connectivity index (χ2v) is 5.27. The van der Waals surface area contributed by atoms with Gasteiger partial charge < -0.3 is 20.1 Å². The summed E-state index contributed by atoms with van der Waals surface area (Å²) in [5, 5.41) is 6.74. The van der Waals surface area contributed by atoms with E-state index < -0.39 is 0 Å².